The summed E-state index contributed by atoms with van der Waals surface area (Å²) in [6.07, 6.45) is 2.12. The summed E-state index contributed by atoms with van der Waals surface area (Å²) in [7, 11) is 0. The van der Waals surface area contributed by atoms with Crippen LogP contribution in [-0.2, 0) is 11.1 Å². The standard InChI is InChI=1S/C12H17NO/c1-11(2,14)9-4-3-5-10(8-9)12(13)6-7-12/h3-5,8,14H,6-7,13H2,1-2H3. The Kier molecular flexibility index (Phi) is 1.95. The summed E-state index contributed by atoms with van der Waals surface area (Å²) in [6, 6.07) is 7.97. The molecule has 1 saturated carbocycles. The Morgan fingerprint density at radius 1 is 1.36 bits per heavy atom. The Hall–Kier alpha value is -0.860. The molecule has 0 aromatic heterocycles. The fraction of sp³-hybridized carbons (Fsp3) is 0.500. The van der Waals surface area contributed by atoms with Gasteiger partial charge in [0.15, 0.2) is 0 Å². The summed E-state index contributed by atoms with van der Waals surface area (Å²) >= 11 is 0. The highest BCUT2D eigenvalue weighted by Crippen LogP contribution is 2.43. The Bertz CT molecular complexity index is 327. The summed E-state index contributed by atoms with van der Waals surface area (Å²) in [5.74, 6) is 0. The van der Waals surface area contributed by atoms with Gasteiger partial charge in [0.05, 0.1) is 5.60 Å². The molecule has 2 heteroatoms. The molecule has 0 saturated heterocycles. The molecule has 2 nitrogen and oxygen atoms in total. The van der Waals surface area contributed by atoms with Crippen LogP contribution in [0.1, 0.15) is 37.8 Å². The maximum atomic E-state index is 9.86. The molecule has 1 aliphatic rings. The molecule has 0 heterocycles. The second-order valence-electron chi connectivity index (χ2n) is 4.80. The number of aliphatic hydroxyl groups is 1. The Morgan fingerprint density at radius 3 is 2.50 bits per heavy atom. The van der Waals surface area contributed by atoms with Gasteiger partial charge >= 0.3 is 0 Å². The molecule has 3 N–H and O–H groups in total. The van der Waals surface area contributed by atoms with E-state index in [0.29, 0.717) is 0 Å². The molecular formula is C12H17NO. The van der Waals surface area contributed by atoms with Gasteiger partial charge in [0, 0.05) is 5.54 Å². The van der Waals surface area contributed by atoms with Crippen LogP contribution in [0.4, 0.5) is 0 Å². The lowest BCUT2D eigenvalue weighted by atomic mass is 9.94. The highest BCUT2D eigenvalue weighted by molar-refractivity contribution is 5.35. The SMILES string of the molecule is CC(C)(O)c1cccc(C2(N)CC2)c1. The van der Waals surface area contributed by atoms with Crippen molar-refractivity contribution in [1.29, 1.82) is 0 Å². The van der Waals surface area contributed by atoms with Crippen LogP contribution in [0.25, 0.3) is 0 Å². The van der Waals surface area contributed by atoms with Crippen LogP contribution in [-0.4, -0.2) is 5.11 Å². The first kappa shape index (κ1) is 9.69. The minimum atomic E-state index is -0.777. The van der Waals surface area contributed by atoms with E-state index in [1.165, 1.54) is 0 Å². The van der Waals surface area contributed by atoms with Gasteiger partial charge in [0.1, 0.15) is 0 Å². The van der Waals surface area contributed by atoms with Crippen LogP contribution >= 0.6 is 0 Å². The van der Waals surface area contributed by atoms with Crippen LogP contribution < -0.4 is 5.73 Å². The van der Waals surface area contributed by atoms with Gasteiger partial charge in [-0.1, -0.05) is 24.3 Å². The van der Waals surface area contributed by atoms with E-state index < -0.39 is 5.60 Å². The molecule has 0 bridgehead atoms. The van der Waals surface area contributed by atoms with E-state index in [9.17, 15) is 5.11 Å². The van der Waals surface area contributed by atoms with Crippen molar-refractivity contribution >= 4 is 0 Å². The summed E-state index contributed by atoms with van der Waals surface area (Å²) in [6.45, 7) is 3.59. The van der Waals surface area contributed by atoms with Gasteiger partial charge in [-0.15, -0.1) is 0 Å². The molecular weight excluding hydrogens is 174 g/mol. The number of hydrogen-bond donors (Lipinski definition) is 2. The van der Waals surface area contributed by atoms with Gasteiger partial charge in [-0.25, -0.2) is 0 Å². The number of hydrogen-bond acceptors (Lipinski definition) is 2. The Balaban J connectivity index is 2.37. The second-order valence-corrected chi connectivity index (χ2v) is 4.80. The molecule has 0 amide bonds. The van der Waals surface area contributed by atoms with Crippen molar-refractivity contribution in [1.82, 2.24) is 0 Å². The fourth-order valence-electron chi connectivity index (χ4n) is 1.63. The molecule has 0 spiro atoms. The lowest BCUT2D eigenvalue weighted by molar-refractivity contribution is 0.0785. The molecule has 0 aliphatic heterocycles. The van der Waals surface area contributed by atoms with Crippen molar-refractivity contribution in [3.05, 3.63) is 35.4 Å². The molecule has 14 heavy (non-hydrogen) atoms. The van der Waals surface area contributed by atoms with Crippen molar-refractivity contribution < 1.29 is 5.11 Å². The molecule has 1 aromatic carbocycles. The minimum absolute atomic E-state index is 0.110. The first-order chi connectivity index (χ1) is 6.42. The van der Waals surface area contributed by atoms with Crippen LogP contribution in [0, 0.1) is 0 Å². The van der Waals surface area contributed by atoms with Crippen molar-refractivity contribution in [3.8, 4) is 0 Å². The van der Waals surface area contributed by atoms with Gasteiger partial charge in [0.2, 0.25) is 0 Å². The number of benzene rings is 1. The van der Waals surface area contributed by atoms with E-state index in [1.807, 2.05) is 24.3 Å². The van der Waals surface area contributed by atoms with E-state index in [-0.39, 0.29) is 5.54 Å². The van der Waals surface area contributed by atoms with E-state index in [0.717, 1.165) is 24.0 Å². The minimum Gasteiger partial charge on any atom is -0.386 e. The topological polar surface area (TPSA) is 46.2 Å². The van der Waals surface area contributed by atoms with E-state index in [1.54, 1.807) is 13.8 Å². The largest absolute Gasteiger partial charge is 0.386 e. The van der Waals surface area contributed by atoms with Crippen LogP contribution in [0.3, 0.4) is 0 Å². The number of nitrogens with two attached hydrogens (primary N) is 1. The van der Waals surface area contributed by atoms with Gasteiger partial charge in [0.25, 0.3) is 0 Å². The van der Waals surface area contributed by atoms with Crippen LogP contribution in [0.2, 0.25) is 0 Å². The molecule has 0 unspecified atom stereocenters. The lowest BCUT2D eigenvalue weighted by Crippen LogP contribution is -2.21. The summed E-state index contributed by atoms with van der Waals surface area (Å²) in [5.41, 5.74) is 7.30. The first-order valence-electron chi connectivity index (χ1n) is 5.04. The van der Waals surface area contributed by atoms with Crippen LogP contribution in [0.15, 0.2) is 24.3 Å². The van der Waals surface area contributed by atoms with Crippen molar-refractivity contribution in [2.75, 3.05) is 0 Å². The highest BCUT2D eigenvalue weighted by atomic mass is 16.3. The zero-order valence-corrected chi connectivity index (χ0v) is 8.75. The van der Waals surface area contributed by atoms with Gasteiger partial charge in [-0.3, -0.25) is 0 Å². The molecule has 1 fully saturated rings. The zero-order valence-electron chi connectivity index (χ0n) is 8.75. The predicted octanol–water partition coefficient (Wildman–Crippen LogP) is 1.86. The normalized spacial score (nSPS) is 19.4. The lowest BCUT2D eigenvalue weighted by Gasteiger charge is -2.20. The Morgan fingerprint density at radius 2 is 2.00 bits per heavy atom. The second kappa shape index (κ2) is 2.81. The average Bonchev–Trinajstić information content (AvgIpc) is 2.84. The van der Waals surface area contributed by atoms with Gasteiger partial charge in [-0.2, -0.15) is 0 Å². The molecule has 0 radical (unpaired) electrons. The monoisotopic (exact) mass is 191 g/mol. The molecule has 1 aliphatic carbocycles. The van der Waals surface area contributed by atoms with Crippen molar-refractivity contribution in [2.24, 2.45) is 5.73 Å². The molecule has 1 aromatic rings. The summed E-state index contributed by atoms with van der Waals surface area (Å²) in [4.78, 5) is 0. The average molecular weight is 191 g/mol. The quantitative estimate of drug-likeness (QED) is 0.749. The molecule has 76 valence electrons. The zero-order chi connectivity index (χ0) is 10.4. The maximum Gasteiger partial charge on any atom is 0.0840 e. The molecule has 2 rings (SSSR count). The first-order valence-corrected chi connectivity index (χ1v) is 5.04. The fourth-order valence-corrected chi connectivity index (χ4v) is 1.63. The highest BCUT2D eigenvalue weighted by Gasteiger charge is 2.40. The van der Waals surface area contributed by atoms with E-state index in [4.69, 9.17) is 5.73 Å². The van der Waals surface area contributed by atoms with Gasteiger partial charge in [-0.05, 0) is 37.8 Å². The van der Waals surface area contributed by atoms with E-state index in [2.05, 4.69) is 0 Å². The number of rotatable bonds is 2. The van der Waals surface area contributed by atoms with Crippen molar-refractivity contribution in [3.63, 3.8) is 0 Å². The summed E-state index contributed by atoms with van der Waals surface area (Å²) < 4.78 is 0. The molecule has 0 atom stereocenters. The third-order valence-electron chi connectivity index (χ3n) is 2.93. The van der Waals surface area contributed by atoms with Gasteiger partial charge < -0.3 is 10.8 Å². The smallest absolute Gasteiger partial charge is 0.0840 e. The third kappa shape index (κ3) is 1.68. The Labute approximate surface area is 84.7 Å². The third-order valence-corrected chi connectivity index (χ3v) is 2.93. The summed E-state index contributed by atoms with van der Waals surface area (Å²) in [5, 5.41) is 9.86. The maximum absolute atomic E-state index is 9.86. The van der Waals surface area contributed by atoms with Crippen molar-refractivity contribution in [2.45, 2.75) is 37.8 Å². The predicted molar refractivity (Wildman–Crippen MR) is 56.8 cm³/mol. The van der Waals surface area contributed by atoms with Crippen LogP contribution in [0.5, 0.6) is 0 Å². The van der Waals surface area contributed by atoms with E-state index >= 15 is 0 Å².